The normalized spacial score (nSPS) is 13.6. The van der Waals surface area contributed by atoms with Crippen molar-refractivity contribution in [2.45, 2.75) is 12.3 Å². The summed E-state index contributed by atoms with van der Waals surface area (Å²) in [6.45, 7) is 2.40. The van der Waals surface area contributed by atoms with Gasteiger partial charge in [-0.2, -0.15) is 0 Å². The Labute approximate surface area is 377 Å². The monoisotopic (exact) mass is 831 g/mol. The van der Waals surface area contributed by atoms with Crippen molar-refractivity contribution in [3.63, 3.8) is 0 Å². The number of hydrogen-bond acceptors (Lipinski definition) is 1. The van der Waals surface area contributed by atoms with Crippen molar-refractivity contribution in [1.29, 1.82) is 0 Å². The van der Waals surface area contributed by atoms with E-state index in [1.165, 1.54) is 81.9 Å². The number of benzene rings is 10. The number of anilines is 3. The van der Waals surface area contributed by atoms with Crippen LogP contribution in [-0.2, 0) is 5.41 Å². The van der Waals surface area contributed by atoms with E-state index in [9.17, 15) is 0 Å². The average Bonchev–Trinajstić information content (AvgIpc) is 3.83. The summed E-state index contributed by atoms with van der Waals surface area (Å²) in [7, 11) is -2.61. The number of nitrogens with zero attached hydrogens (tertiary/aromatic N) is 1. The minimum atomic E-state index is -2.61. The molecule has 0 atom stereocenters. The molecule has 12 rings (SSSR count). The lowest BCUT2D eigenvalue weighted by molar-refractivity contribution is 0.714. The Balaban J connectivity index is 0.974. The first kappa shape index (κ1) is 37.9. The van der Waals surface area contributed by atoms with Crippen molar-refractivity contribution >= 4 is 45.9 Å². The van der Waals surface area contributed by atoms with Gasteiger partial charge in [0.15, 0.2) is 8.07 Å². The van der Waals surface area contributed by atoms with E-state index in [1.54, 1.807) is 0 Å². The molecule has 1 aliphatic carbocycles. The molecule has 64 heavy (non-hydrogen) atoms. The SMILES string of the molecule is CC1(c2cccc(N(c3ccc(-c4ccccc4)cc3)c3ccc(-c4cccc([Si]5(c6ccccc6)c6ccccc6-c6ccccc65)c4)cc3)c2)c2ccccc2-c2ccccc21. The predicted molar refractivity (Wildman–Crippen MR) is 272 cm³/mol. The number of hydrogen-bond donors (Lipinski definition) is 0. The molecular formula is C62H45NSi. The van der Waals surface area contributed by atoms with E-state index in [2.05, 4.69) is 267 Å². The Morgan fingerprint density at radius 3 is 1.34 bits per heavy atom. The molecule has 0 aromatic heterocycles. The summed E-state index contributed by atoms with van der Waals surface area (Å²) in [4.78, 5) is 2.41. The molecule has 2 heteroatoms. The molecule has 0 bridgehead atoms. The van der Waals surface area contributed by atoms with Crippen LogP contribution in [0.5, 0.6) is 0 Å². The lowest BCUT2D eigenvalue weighted by Crippen LogP contribution is -2.72. The van der Waals surface area contributed by atoms with E-state index in [0.29, 0.717) is 0 Å². The molecule has 0 spiro atoms. The molecule has 1 aliphatic heterocycles. The van der Waals surface area contributed by atoms with E-state index in [0.717, 1.165) is 17.1 Å². The third-order valence-electron chi connectivity index (χ3n) is 14.0. The van der Waals surface area contributed by atoms with Gasteiger partial charge in [-0.05, 0) is 125 Å². The first-order valence-corrected chi connectivity index (χ1v) is 24.3. The summed E-state index contributed by atoms with van der Waals surface area (Å²) in [5, 5.41) is 5.74. The van der Waals surface area contributed by atoms with Crippen LogP contribution in [0, 0.1) is 0 Å². The van der Waals surface area contributed by atoms with E-state index < -0.39 is 8.07 Å². The van der Waals surface area contributed by atoms with Crippen LogP contribution < -0.4 is 25.6 Å². The van der Waals surface area contributed by atoms with Crippen LogP contribution in [0.25, 0.3) is 44.5 Å². The Morgan fingerprint density at radius 1 is 0.312 bits per heavy atom. The molecule has 2 aliphatic rings. The molecule has 0 saturated heterocycles. The van der Waals surface area contributed by atoms with Crippen molar-refractivity contribution in [2.24, 2.45) is 0 Å². The average molecular weight is 832 g/mol. The van der Waals surface area contributed by atoms with Gasteiger partial charge < -0.3 is 4.90 Å². The molecule has 0 saturated carbocycles. The van der Waals surface area contributed by atoms with Crippen molar-refractivity contribution in [2.75, 3.05) is 4.90 Å². The highest BCUT2D eigenvalue weighted by Crippen LogP contribution is 2.53. The van der Waals surface area contributed by atoms with E-state index in [1.807, 2.05) is 0 Å². The van der Waals surface area contributed by atoms with E-state index in [-0.39, 0.29) is 5.41 Å². The van der Waals surface area contributed by atoms with Crippen LogP contribution in [0.15, 0.2) is 255 Å². The fourth-order valence-corrected chi connectivity index (χ4v) is 16.3. The highest BCUT2D eigenvalue weighted by atomic mass is 28.3. The molecular weight excluding hydrogens is 787 g/mol. The molecule has 302 valence electrons. The van der Waals surface area contributed by atoms with E-state index >= 15 is 0 Å². The second-order valence-corrected chi connectivity index (χ2v) is 21.1. The van der Waals surface area contributed by atoms with Crippen LogP contribution in [0.4, 0.5) is 17.1 Å². The summed E-state index contributed by atoms with van der Waals surface area (Å²) in [5.41, 5.74) is 17.2. The smallest absolute Gasteiger partial charge is 0.180 e. The second kappa shape index (κ2) is 15.2. The topological polar surface area (TPSA) is 3.24 Å². The Morgan fingerprint density at radius 2 is 0.750 bits per heavy atom. The maximum Gasteiger partial charge on any atom is 0.180 e. The minimum absolute atomic E-state index is 0.304. The third kappa shape index (κ3) is 5.84. The fraction of sp³-hybridized carbons (Fsp3) is 0.0323. The Hall–Kier alpha value is -7.78. The molecule has 0 fully saturated rings. The lowest BCUT2D eigenvalue weighted by Gasteiger charge is -2.32. The van der Waals surface area contributed by atoms with Crippen molar-refractivity contribution in [3.05, 3.63) is 271 Å². The van der Waals surface area contributed by atoms with Gasteiger partial charge in [0.25, 0.3) is 0 Å². The number of fused-ring (bicyclic) bond motifs is 6. The van der Waals surface area contributed by atoms with Crippen LogP contribution >= 0.6 is 0 Å². The van der Waals surface area contributed by atoms with Gasteiger partial charge in [-0.15, -0.1) is 0 Å². The van der Waals surface area contributed by atoms with Crippen molar-refractivity contribution in [3.8, 4) is 44.5 Å². The zero-order chi connectivity index (χ0) is 42.7. The van der Waals surface area contributed by atoms with Gasteiger partial charge in [0.05, 0.1) is 0 Å². The maximum atomic E-state index is 2.48. The summed E-state index contributed by atoms with van der Waals surface area (Å²) in [6.07, 6.45) is 0. The zero-order valence-corrected chi connectivity index (χ0v) is 36.7. The Bertz CT molecular complexity index is 3240. The highest BCUT2D eigenvalue weighted by molar-refractivity contribution is 7.22. The zero-order valence-electron chi connectivity index (χ0n) is 35.7. The van der Waals surface area contributed by atoms with Crippen LogP contribution in [-0.4, -0.2) is 8.07 Å². The summed E-state index contributed by atoms with van der Waals surface area (Å²) in [6, 6.07) is 94.8. The van der Waals surface area contributed by atoms with E-state index in [4.69, 9.17) is 0 Å². The summed E-state index contributed by atoms with van der Waals surface area (Å²) in [5.74, 6) is 0. The van der Waals surface area contributed by atoms with Gasteiger partial charge in [-0.3, -0.25) is 0 Å². The molecule has 0 N–H and O–H groups in total. The largest absolute Gasteiger partial charge is 0.310 e. The molecule has 1 heterocycles. The Kier molecular flexibility index (Phi) is 9.03. The van der Waals surface area contributed by atoms with Gasteiger partial charge in [-0.25, -0.2) is 0 Å². The van der Waals surface area contributed by atoms with Crippen LogP contribution in [0.1, 0.15) is 23.6 Å². The van der Waals surface area contributed by atoms with Gasteiger partial charge in [0.1, 0.15) is 0 Å². The summed E-state index contributed by atoms with van der Waals surface area (Å²) >= 11 is 0. The fourth-order valence-electron chi connectivity index (χ4n) is 11.0. The first-order chi connectivity index (χ1) is 31.6. The van der Waals surface area contributed by atoms with Crippen LogP contribution in [0.3, 0.4) is 0 Å². The molecule has 0 radical (unpaired) electrons. The quantitative estimate of drug-likeness (QED) is 0.138. The van der Waals surface area contributed by atoms with Gasteiger partial charge in [-0.1, -0.05) is 218 Å². The van der Waals surface area contributed by atoms with Crippen molar-refractivity contribution in [1.82, 2.24) is 0 Å². The summed E-state index contributed by atoms with van der Waals surface area (Å²) < 4.78 is 0. The standard InChI is InChI=1S/C62H45NSi/c1-62(58-30-12-8-26-54(58)55-27-9-13-31-59(55)62)48-21-17-22-51(43-48)63(49-38-34-45(35-39-49)44-18-4-2-5-19-44)50-40-36-46(37-41-50)47-20-16-25-53(42-47)64(52-23-6-3-7-24-52)60-32-14-10-28-56(60)57-29-11-15-33-61(57)64/h2-43H,1H3. The third-order valence-corrected chi connectivity index (χ3v) is 18.9. The van der Waals surface area contributed by atoms with Gasteiger partial charge >= 0.3 is 0 Å². The lowest BCUT2D eigenvalue weighted by atomic mass is 9.74. The first-order valence-electron chi connectivity index (χ1n) is 22.3. The molecule has 0 unspecified atom stereocenters. The van der Waals surface area contributed by atoms with Gasteiger partial charge in [0, 0.05) is 22.5 Å². The molecule has 1 nitrogen and oxygen atoms in total. The number of rotatable bonds is 8. The minimum Gasteiger partial charge on any atom is -0.310 e. The highest BCUT2D eigenvalue weighted by Gasteiger charge is 2.48. The molecule has 10 aromatic rings. The molecule has 0 amide bonds. The maximum absolute atomic E-state index is 2.61. The predicted octanol–water partition coefficient (Wildman–Crippen LogP) is 13.2. The van der Waals surface area contributed by atoms with Crippen molar-refractivity contribution < 1.29 is 0 Å². The van der Waals surface area contributed by atoms with Crippen LogP contribution in [0.2, 0.25) is 0 Å². The van der Waals surface area contributed by atoms with Gasteiger partial charge in [0.2, 0.25) is 0 Å². The second-order valence-electron chi connectivity index (χ2n) is 17.3. The molecule has 10 aromatic carbocycles.